The number of rotatable bonds is 9. The van der Waals surface area contributed by atoms with Crippen LogP contribution < -0.4 is 9.47 Å². The van der Waals surface area contributed by atoms with Crippen molar-refractivity contribution in [1.29, 1.82) is 0 Å². The molecule has 0 saturated carbocycles. The summed E-state index contributed by atoms with van der Waals surface area (Å²) in [4.78, 5) is 11.1. The molecule has 40 heavy (non-hydrogen) atoms. The van der Waals surface area contributed by atoms with Crippen molar-refractivity contribution in [3.8, 4) is 23.3 Å². The molecular weight excluding hydrogens is 568 g/mol. The molecule has 0 aliphatic carbocycles. The van der Waals surface area contributed by atoms with E-state index in [-0.39, 0.29) is 6.61 Å². The zero-order valence-electron chi connectivity index (χ0n) is 22.2. The number of benzene rings is 4. The average molecular weight is 598 g/mol. The summed E-state index contributed by atoms with van der Waals surface area (Å²) in [5, 5.41) is 18.3. The SMILES string of the molecule is Cc1cc(OC/C=C(/c2ccc(Br)cc2)c2ccc(C#Cc3ccc(CO)cc3)cc2)ccc1OC(C)C(=O)O. The van der Waals surface area contributed by atoms with E-state index in [9.17, 15) is 9.90 Å². The number of carbonyl (C=O) groups is 1. The van der Waals surface area contributed by atoms with E-state index in [0.717, 1.165) is 43.4 Å². The first-order valence-corrected chi connectivity index (χ1v) is 13.5. The molecule has 5 nitrogen and oxygen atoms in total. The first-order chi connectivity index (χ1) is 19.3. The van der Waals surface area contributed by atoms with E-state index in [0.29, 0.717) is 18.1 Å². The molecule has 2 N–H and O–H groups in total. The quantitative estimate of drug-likeness (QED) is 0.203. The monoisotopic (exact) mass is 596 g/mol. The van der Waals surface area contributed by atoms with Gasteiger partial charge in [0.1, 0.15) is 18.1 Å². The van der Waals surface area contributed by atoms with Crippen LogP contribution in [0.5, 0.6) is 11.5 Å². The largest absolute Gasteiger partial charge is 0.489 e. The molecule has 0 saturated heterocycles. The normalized spacial score (nSPS) is 11.8. The molecule has 0 aliphatic heterocycles. The average Bonchev–Trinajstić information content (AvgIpc) is 2.97. The minimum atomic E-state index is -1.01. The summed E-state index contributed by atoms with van der Waals surface area (Å²) in [6, 6.07) is 29.1. The number of hydrogen-bond donors (Lipinski definition) is 2. The number of aliphatic carboxylic acids is 1. The lowest BCUT2D eigenvalue weighted by Crippen LogP contribution is -2.23. The highest BCUT2D eigenvalue weighted by atomic mass is 79.9. The summed E-state index contributed by atoms with van der Waals surface area (Å²) in [7, 11) is 0. The van der Waals surface area contributed by atoms with Gasteiger partial charge in [-0.05, 0) is 102 Å². The zero-order valence-corrected chi connectivity index (χ0v) is 23.8. The van der Waals surface area contributed by atoms with E-state index in [1.54, 1.807) is 12.1 Å². The maximum atomic E-state index is 11.1. The van der Waals surface area contributed by atoms with Gasteiger partial charge in [0.25, 0.3) is 0 Å². The van der Waals surface area contributed by atoms with Gasteiger partial charge in [0.05, 0.1) is 6.61 Å². The number of halogens is 1. The lowest BCUT2D eigenvalue weighted by Gasteiger charge is -2.14. The molecule has 0 fully saturated rings. The molecule has 4 rings (SSSR count). The first kappa shape index (κ1) is 28.7. The van der Waals surface area contributed by atoms with E-state index in [4.69, 9.17) is 14.6 Å². The van der Waals surface area contributed by atoms with E-state index in [1.807, 2.05) is 79.7 Å². The summed E-state index contributed by atoms with van der Waals surface area (Å²) in [5.41, 5.74) is 6.56. The van der Waals surface area contributed by atoms with Crippen molar-refractivity contribution in [2.45, 2.75) is 26.6 Å². The molecule has 1 unspecified atom stereocenters. The first-order valence-electron chi connectivity index (χ1n) is 12.7. The van der Waals surface area contributed by atoms with Crippen LogP contribution in [-0.2, 0) is 11.4 Å². The van der Waals surface area contributed by atoms with Crippen molar-refractivity contribution in [3.05, 3.63) is 135 Å². The third kappa shape index (κ3) is 7.86. The molecule has 6 heteroatoms. The van der Waals surface area contributed by atoms with Crippen LogP contribution in [-0.4, -0.2) is 28.9 Å². The van der Waals surface area contributed by atoms with E-state index < -0.39 is 12.1 Å². The Labute approximate surface area is 242 Å². The smallest absolute Gasteiger partial charge is 0.344 e. The van der Waals surface area contributed by atoms with Crippen LogP contribution in [0.1, 0.15) is 40.3 Å². The predicted octanol–water partition coefficient (Wildman–Crippen LogP) is 7.01. The highest BCUT2D eigenvalue weighted by Gasteiger charge is 2.14. The molecule has 0 amide bonds. The van der Waals surface area contributed by atoms with Crippen molar-refractivity contribution in [2.75, 3.05) is 6.61 Å². The maximum absolute atomic E-state index is 11.1. The second-order valence-corrected chi connectivity index (χ2v) is 10.1. The van der Waals surface area contributed by atoms with Gasteiger partial charge in [0, 0.05) is 15.6 Å². The Hall–Kier alpha value is -4.31. The molecule has 202 valence electrons. The van der Waals surface area contributed by atoms with Gasteiger partial charge in [-0.1, -0.05) is 64.2 Å². The van der Waals surface area contributed by atoms with Crippen LogP contribution in [0.15, 0.2) is 102 Å². The van der Waals surface area contributed by atoms with Crippen LogP contribution in [0.3, 0.4) is 0 Å². The Morgan fingerprint density at radius 1 is 0.900 bits per heavy atom. The summed E-state index contributed by atoms with van der Waals surface area (Å²) < 4.78 is 12.5. The summed E-state index contributed by atoms with van der Waals surface area (Å²) in [6.45, 7) is 3.71. The fraction of sp³-hybridized carbons (Fsp3) is 0.147. The lowest BCUT2D eigenvalue weighted by atomic mass is 9.97. The van der Waals surface area contributed by atoms with Crippen LogP contribution in [0.4, 0.5) is 0 Å². The predicted molar refractivity (Wildman–Crippen MR) is 160 cm³/mol. The number of ether oxygens (including phenoxy) is 2. The maximum Gasteiger partial charge on any atom is 0.344 e. The summed E-state index contributed by atoms with van der Waals surface area (Å²) in [6.07, 6.45) is 1.11. The van der Waals surface area contributed by atoms with Gasteiger partial charge in [0.2, 0.25) is 0 Å². The van der Waals surface area contributed by atoms with Crippen molar-refractivity contribution in [1.82, 2.24) is 0 Å². The lowest BCUT2D eigenvalue weighted by molar-refractivity contribution is -0.144. The summed E-state index contributed by atoms with van der Waals surface area (Å²) >= 11 is 3.51. The zero-order chi connectivity index (χ0) is 28.5. The van der Waals surface area contributed by atoms with Gasteiger partial charge in [0.15, 0.2) is 6.10 Å². The molecule has 0 radical (unpaired) electrons. The highest BCUT2D eigenvalue weighted by molar-refractivity contribution is 9.10. The van der Waals surface area contributed by atoms with Crippen molar-refractivity contribution in [3.63, 3.8) is 0 Å². The van der Waals surface area contributed by atoms with Gasteiger partial charge in [-0.3, -0.25) is 0 Å². The van der Waals surface area contributed by atoms with Gasteiger partial charge in [-0.25, -0.2) is 4.79 Å². The molecule has 0 aliphatic rings. The molecular formula is C34H29BrO5. The minimum Gasteiger partial charge on any atom is -0.489 e. The Balaban J connectivity index is 1.51. The second-order valence-electron chi connectivity index (χ2n) is 9.14. The standard InChI is InChI=1S/C34H29BrO5/c1-23-21-31(17-18-33(23)40-24(2)34(37)38)39-20-19-32(29-13-15-30(35)16-14-29)28-11-9-26(10-12-28)4-3-25-5-7-27(22-36)8-6-25/h5-19,21,24,36H,20,22H2,1-2H3,(H,37,38)/b32-19+. The van der Waals surface area contributed by atoms with E-state index in [1.165, 1.54) is 6.92 Å². The van der Waals surface area contributed by atoms with Crippen LogP contribution in [0.2, 0.25) is 0 Å². The van der Waals surface area contributed by atoms with Crippen LogP contribution >= 0.6 is 15.9 Å². The van der Waals surface area contributed by atoms with Crippen LogP contribution in [0, 0.1) is 18.8 Å². The van der Waals surface area contributed by atoms with E-state index in [2.05, 4.69) is 39.9 Å². The molecule has 1 atom stereocenters. The molecule has 0 aromatic heterocycles. The highest BCUT2D eigenvalue weighted by Crippen LogP contribution is 2.27. The second kappa shape index (κ2) is 13.7. The van der Waals surface area contributed by atoms with Crippen LogP contribution in [0.25, 0.3) is 5.57 Å². The Bertz CT molecular complexity index is 1540. The molecule has 0 spiro atoms. The number of hydrogen-bond acceptors (Lipinski definition) is 4. The molecule has 0 bridgehead atoms. The summed E-state index contributed by atoms with van der Waals surface area (Å²) in [5.74, 6) is 6.53. The number of carboxylic acid groups (broad SMARTS) is 1. The topological polar surface area (TPSA) is 76.0 Å². The third-order valence-corrected chi connectivity index (χ3v) is 6.70. The molecule has 0 heterocycles. The Morgan fingerprint density at radius 2 is 1.48 bits per heavy atom. The van der Waals surface area contributed by atoms with E-state index >= 15 is 0 Å². The fourth-order valence-corrected chi connectivity index (χ4v) is 4.17. The Morgan fingerprint density at radius 3 is 2.02 bits per heavy atom. The minimum absolute atomic E-state index is 0.0171. The number of aliphatic hydroxyl groups is 1. The van der Waals surface area contributed by atoms with Gasteiger partial charge in [-0.2, -0.15) is 0 Å². The van der Waals surface area contributed by atoms with Gasteiger partial charge < -0.3 is 19.7 Å². The van der Waals surface area contributed by atoms with Crippen molar-refractivity contribution in [2.24, 2.45) is 0 Å². The number of aryl methyl sites for hydroxylation is 1. The fourth-order valence-electron chi connectivity index (χ4n) is 3.91. The van der Waals surface area contributed by atoms with Gasteiger partial charge in [-0.15, -0.1) is 0 Å². The Kier molecular flexibility index (Phi) is 9.80. The third-order valence-electron chi connectivity index (χ3n) is 6.17. The van der Waals surface area contributed by atoms with Crippen molar-refractivity contribution < 1.29 is 24.5 Å². The number of carboxylic acids is 1. The number of aliphatic hydroxyl groups excluding tert-OH is 1. The van der Waals surface area contributed by atoms with Gasteiger partial charge >= 0.3 is 5.97 Å². The van der Waals surface area contributed by atoms with Crippen molar-refractivity contribution >= 4 is 27.5 Å². The molecule has 4 aromatic carbocycles. The molecule has 4 aromatic rings.